The van der Waals surface area contributed by atoms with E-state index in [-0.39, 0.29) is 0 Å². The van der Waals surface area contributed by atoms with Crippen LogP contribution in [0.25, 0.3) is 5.65 Å². The summed E-state index contributed by atoms with van der Waals surface area (Å²) in [5.74, 6) is 1.66. The van der Waals surface area contributed by atoms with Crippen molar-refractivity contribution in [1.82, 2.24) is 19.9 Å². The van der Waals surface area contributed by atoms with Crippen molar-refractivity contribution in [3.63, 3.8) is 0 Å². The van der Waals surface area contributed by atoms with E-state index in [0.29, 0.717) is 11.9 Å². The van der Waals surface area contributed by atoms with Crippen molar-refractivity contribution in [2.24, 2.45) is 0 Å². The van der Waals surface area contributed by atoms with Gasteiger partial charge >= 0.3 is 0 Å². The van der Waals surface area contributed by atoms with Gasteiger partial charge in [-0.15, -0.1) is 10.2 Å². The number of fused-ring (bicyclic) bond motifs is 1. The largest absolute Gasteiger partial charge is 0.385 e. The Morgan fingerprint density at radius 3 is 3.19 bits per heavy atom. The van der Waals surface area contributed by atoms with Gasteiger partial charge in [-0.3, -0.25) is 4.40 Å². The lowest BCUT2D eigenvalue weighted by Gasteiger charge is -2.09. The molecule has 2 aromatic rings. The molecule has 0 aromatic carbocycles. The van der Waals surface area contributed by atoms with Crippen molar-refractivity contribution >= 4 is 11.5 Å². The first kappa shape index (κ1) is 9.59. The summed E-state index contributed by atoms with van der Waals surface area (Å²) in [6.45, 7) is 1.11. The highest BCUT2D eigenvalue weighted by Crippen LogP contribution is 2.14. The number of nitrogens with one attached hydrogen (secondary N) is 1. The zero-order valence-corrected chi connectivity index (χ0v) is 9.06. The van der Waals surface area contributed by atoms with E-state index >= 15 is 0 Å². The maximum Gasteiger partial charge on any atom is 0.162 e. The minimum absolute atomic E-state index is 0.520. The molecule has 0 spiro atoms. The minimum Gasteiger partial charge on any atom is -0.385 e. The highest BCUT2D eigenvalue weighted by molar-refractivity contribution is 5.47. The van der Waals surface area contributed by atoms with E-state index in [1.807, 2.05) is 22.6 Å². The molecule has 5 heteroatoms. The molecule has 2 aromatic heterocycles. The van der Waals surface area contributed by atoms with E-state index in [4.69, 9.17) is 5.73 Å². The average molecular weight is 217 g/mol. The van der Waals surface area contributed by atoms with Gasteiger partial charge in [0.2, 0.25) is 0 Å². The Hall–Kier alpha value is -1.62. The minimum atomic E-state index is 0.520. The topological polar surface area (TPSA) is 68.2 Å². The molecule has 16 heavy (non-hydrogen) atoms. The molecule has 3 heterocycles. The third-order valence-corrected chi connectivity index (χ3v) is 3.12. The fourth-order valence-corrected chi connectivity index (χ4v) is 2.31. The van der Waals surface area contributed by atoms with E-state index in [0.717, 1.165) is 24.4 Å². The Kier molecular flexibility index (Phi) is 2.25. The molecule has 0 aliphatic carbocycles. The van der Waals surface area contributed by atoms with Crippen molar-refractivity contribution in [1.29, 1.82) is 0 Å². The molecule has 84 valence electrons. The lowest BCUT2D eigenvalue weighted by atomic mass is 10.1. The predicted octanol–water partition coefficient (Wildman–Crippen LogP) is 0.606. The van der Waals surface area contributed by atoms with E-state index in [1.165, 1.54) is 12.8 Å². The second-order valence-corrected chi connectivity index (χ2v) is 4.26. The third kappa shape index (κ3) is 1.53. The fraction of sp³-hybridized carbons (Fsp3) is 0.455. The molecule has 1 aliphatic rings. The summed E-state index contributed by atoms with van der Waals surface area (Å²) >= 11 is 0. The molecule has 3 rings (SSSR count). The van der Waals surface area contributed by atoms with Crippen LogP contribution in [0.2, 0.25) is 0 Å². The molecule has 0 radical (unpaired) electrons. The summed E-state index contributed by atoms with van der Waals surface area (Å²) in [5, 5.41) is 11.8. The van der Waals surface area contributed by atoms with Gasteiger partial charge in [-0.05, 0) is 31.5 Å². The van der Waals surface area contributed by atoms with Crippen LogP contribution in [-0.2, 0) is 6.42 Å². The summed E-state index contributed by atoms with van der Waals surface area (Å²) in [5.41, 5.74) is 6.77. The standard InChI is InChI=1S/C11H15N5/c12-9-4-1-5-10-14-15-11(16(9)10)7-8-3-2-6-13-8/h1,4-5,8,13H,2-3,6-7,12H2. The smallest absolute Gasteiger partial charge is 0.162 e. The number of nitrogen functional groups attached to an aromatic ring is 1. The summed E-state index contributed by atoms with van der Waals surface area (Å²) in [4.78, 5) is 0. The van der Waals surface area contributed by atoms with Crippen LogP contribution in [0.1, 0.15) is 18.7 Å². The van der Waals surface area contributed by atoms with Crippen LogP contribution >= 0.6 is 0 Å². The highest BCUT2D eigenvalue weighted by atomic mass is 15.3. The monoisotopic (exact) mass is 217 g/mol. The quantitative estimate of drug-likeness (QED) is 0.773. The first-order chi connectivity index (χ1) is 7.84. The number of anilines is 1. The number of nitrogens with zero attached hydrogens (tertiary/aromatic N) is 3. The van der Waals surface area contributed by atoms with Crippen molar-refractivity contribution in [3.05, 3.63) is 24.0 Å². The van der Waals surface area contributed by atoms with Crippen molar-refractivity contribution in [2.75, 3.05) is 12.3 Å². The molecule has 1 fully saturated rings. The number of hydrogen-bond donors (Lipinski definition) is 2. The van der Waals surface area contributed by atoms with Gasteiger partial charge in [-0.2, -0.15) is 0 Å². The van der Waals surface area contributed by atoms with E-state index in [1.54, 1.807) is 0 Å². The van der Waals surface area contributed by atoms with Gasteiger partial charge in [0.1, 0.15) is 11.6 Å². The van der Waals surface area contributed by atoms with E-state index in [9.17, 15) is 0 Å². The number of pyridine rings is 1. The molecule has 0 bridgehead atoms. The van der Waals surface area contributed by atoms with Crippen LogP contribution in [-0.4, -0.2) is 27.2 Å². The van der Waals surface area contributed by atoms with Crippen molar-refractivity contribution in [2.45, 2.75) is 25.3 Å². The molecular weight excluding hydrogens is 202 g/mol. The number of rotatable bonds is 2. The first-order valence-electron chi connectivity index (χ1n) is 5.66. The molecule has 5 nitrogen and oxygen atoms in total. The van der Waals surface area contributed by atoms with E-state index < -0.39 is 0 Å². The zero-order valence-electron chi connectivity index (χ0n) is 9.06. The zero-order chi connectivity index (χ0) is 11.0. The summed E-state index contributed by atoms with van der Waals surface area (Å²) in [6.07, 6.45) is 3.36. The Labute approximate surface area is 93.7 Å². The third-order valence-electron chi connectivity index (χ3n) is 3.12. The van der Waals surface area contributed by atoms with Crippen LogP contribution in [0.4, 0.5) is 5.82 Å². The number of hydrogen-bond acceptors (Lipinski definition) is 4. The molecule has 1 aliphatic heterocycles. The van der Waals surface area contributed by atoms with Crippen LogP contribution in [0.3, 0.4) is 0 Å². The van der Waals surface area contributed by atoms with E-state index in [2.05, 4.69) is 15.5 Å². The average Bonchev–Trinajstić information content (AvgIpc) is 2.90. The lowest BCUT2D eigenvalue weighted by Crippen LogP contribution is -2.24. The Balaban J connectivity index is 1.97. The number of nitrogens with two attached hydrogens (primary N) is 1. The van der Waals surface area contributed by atoms with Gasteiger partial charge in [0.15, 0.2) is 5.65 Å². The molecule has 3 N–H and O–H groups in total. The number of aromatic nitrogens is 3. The Morgan fingerprint density at radius 2 is 2.38 bits per heavy atom. The van der Waals surface area contributed by atoms with Crippen LogP contribution in [0.5, 0.6) is 0 Å². The molecule has 1 atom stereocenters. The SMILES string of the molecule is Nc1cccc2nnc(CC3CCCN3)n12. The first-order valence-corrected chi connectivity index (χ1v) is 5.66. The second-order valence-electron chi connectivity index (χ2n) is 4.26. The molecule has 1 saturated heterocycles. The Bertz CT molecular complexity index is 498. The molecule has 1 unspecified atom stereocenters. The van der Waals surface area contributed by atoms with Gasteiger partial charge in [0, 0.05) is 12.5 Å². The van der Waals surface area contributed by atoms with Gasteiger partial charge in [0.05, 0.1) is 0 Å². The molecule has 0 saturated carbocycles. The fourth-order valence-electron chi connectivity index (χ4n) is 2.31. The Morgan fingerprint density at radius 1 is 1.44 bits per heavy atom. The van der Waals surface area contributed by atoms with Crippen molar-refractivity contribution < 1.29 is 0 Å². The highest BCUT2D eigenvalue weighted by Gasteiger charge is 2.18. The van der Waals surface area contributed by atoms with Crippen LogP contribution < -0.4 is 11.1 Å². The summed E-state index contributed by atoms with van der Waals surface area (Å²) in [7, 11) is 0. The van der Waals surface area contributed by atoms with Crippen LogP contribution in [0, 0.1) is 0 Å². The summed E-state index contributed by atoms with van der Waals surface area (Å²) in [6, 6.07) is 6.22. The van der Waals surface area contributed by atoms with Gasteiger partial charge in [0.25, 0.3) is 0 Å². The molecular formula is C11H15N5. The predicted molar refractivity (Wildman–Crippen MR) is 62.1 cm³/mol. The maximum absolute atomic E-state index is 5.94. The van der Waals surface area contributed by atoms with Gasteiger partial charge in [-0.25, -0.2) is 0 Å². The lowest BCUT2D eigenvalue weighted by molar-refractivity contribution is 0.583. The molecule has 0 amide bonds. The second kappa shape index (κ2) is 3.75. The summed E-state index contributed by atoms with van der Waals surface area (Å²) < 4.78 is 1.93. The van der Waals surface area contributed by atoms with Gasteiger partial charge in [-0.1, -0.05) is 6.07 Å². The normalized spacial score (nSPS) is 20.6. The van der Waals surface area contributed by atoms with Gasteiger partial charge < -0.3 is 11.1 Å². The maximum atomic E-state index is 5.94. The van der Waals surface area contributed by atoms with Crippen LogP contribution in [0.15, 0.2) is 18.2 Å². The van der Waals surface area contributed by atoms with Crippen molar-refractivity contribution in [3.8, 4) is 0 Å².